The number of aryl methyl sites for hydroxylation is 3. The fourth-order valence-corrected chi connectivity index (χ4v) is 2.84. The van der Waals surface area contributed by atoms with E-state index >= 15 is 0 Å². The first kappa shape index (κ1) is 12.2. The van der Waals surface area contributed by atoms with Crippen LogP contribution in [0.3, 0.4) is 0 Å². The van der Waals surface area contributed by atoms with Gasteiger partial charge < -0.3 is 0 Å². The smallest absolute Gasteiger partial charge is 0.163 e. The molecule has 2 aromatic rings. The maximum atomic E-state index is 12.0. The summed E-state index contributed by atoms with van der Waals surface area (Å²) in [6.45, 7) is 4.22. The Hall–Kier alpha value is -1.89. The van der Waals surface area contributed by atoms with Crippen molar-refractivity contribution in [2.75, 3.05) is 0 Å². The van der Waals surface area contributed by atoms with Gasteiger partial charge in [0.15, 0.2) is 5.78 Å². The highest BCUT2D eigenvalue weighted by Gasteiger charge is 2.17. The first-order valence-electron chi connectivity index (χ1n) is 6.89. The summed E-state index contributed by atoms with van der Waals surface area (Å²) in [5.41, 5.74) is 7.06. The summed E-state index contributed by atoms with van der Waals surface area (Å²) in [6, 6.07) is 12.8. The lowest BCUT2D eigenvalue weighted by atomic mass is 9.87. The number of rotatable bonds is 1. The van der Waals surface area contributed by atoms with Gasteiger partial charge in [-0.2, -0.15) is 0 Å². The molecule has 3 rings (SSSR count). The van der Waals surface area contributed by atoms with E-state index in [1.165, 1.54) is 22.3 Å². The first-order valence-corrected chi connectivity index (χ1v) is 6.89. The molecule has 0 fully saturated rings. The van der Waals surface area contributed by atoms with Crippen LogP contribution in [0.2, 0.25) is 0 Å². The second-order valence-corrected chi connectivity index (χ2v) is 5.47. The Balaban J connectivity index is 2.14. The van der Waals surface area contributed by atoms with Gasteiger partial charge in [0.2, 0.25) is 0 Å². The molecule has 0 atom stereocenters. The predicted octanol–water partition coefficient (Wildman–Crippen LogP) is 4.49. The van der Waals surface area contributed by atoms with Crippen LogP contribution in [0.4, 0.5) is 0 Å². The number of hydrogen-bond acceptors (Lipinski definition) is 1. The molecule has 0 saturated heterocycles. The van der Waals surface area contributed by atoms with Crippen molar-refractivity contribution >= 4 is 5.78 Å². The predicted molar refractivity (Wildman–Crippen MR) is 78.6 cm³/mol. The Morgan fingerprint density at radius 2 is 1.74 bits per heavy atom. The van der Waals surface area contributed by atoms with Crippen molar-refractivity contribution in [2.24, 2.45) is 0 Å². The van der Waals surface area contributed by atoms with Gasteiger partial charge >= 0.3 is 0 Å². The Morgan fingerprint density at radius 1 is 0.895 bits per heavy atom. The molecular formula is C18H18O. The zero-order chi connectivity index (χ0) is 13.4. The topological polar surface area (TPSA) is 17.1 Å². The molecule has 0 aliphatic heterocycles. The van der Waals surface area contributed by atoms with E-state index in [1.807, 2.05) is 0 Å². The van der Waals surface area contributed by atoms with Crippen LogP contribution >= 0.6 is 0 Å². The molecule has 0 spiro atoms. The lowest BCUT2D eigenvalue weighted by Gasteiger charge is -2.16. The zero-order valence-electron chi connectivity index (χ0n) is 11.5. The van der Waals surface area contributed by atoms with Crippen molar-refractivity contribution < 1.29 is 4.79 Å². The SMILES string of the molecule is Cc1ccc(C)c(-c2ccc3c(c2)C(=O)CCC3)c1. The molecular weight excluding hydrogens is 232 g/mol. The van der Waals surface area contributed by atoms with Gasteiger partial charge in [-0.3, -0.25) is 4.79 Å². The Bertz CT molecular complexity index is 653. The van der Waals surface area contributed by atoms with E-state index < -0.39 is 0 Å². The van der Waals surface area contributed by atoms with Crippen LogP contribution in [0.5, 0.6) is 0 Å². The molecule has 1 aliphatic carbocycles. The molecule has 2 aromatic carbocycles. The molecule has 0 bridgehead atoms. The van der Waals surface area contributed by atoms with Gasteiger partial charge in [0.05, 0.1) is 0 Å². The van der Waals surface area contributed by atoms with Crippen LogP contribution in [0.1, 0.15) is 39.9 Å². The highest BCUT2D eigenvalue weighted by molar-refractivity contribution is 5.99. The van der Waals surface area contributed by atoms with Gasteiger partial charge in [-0.15, -0.1) is 0 Å². The third-order valence-corrected chi connectivity index (χ3v) is 3.96. The quantitative estimate of drug-likeness (QED) is 0.728. The van der Waals surface area contributed by atoms with Gasteiger partial charge in [-0.05, 0) is 55.0 Å². The van der Waals surface area contributed by atoms with Gasteiger partial charge in [0, 0.05) is 12.0 Å². The van der Waals surface area contributed by atoms with Crippen molar-refractivity contribution in [1.82, 2.24) is 0 Å². The van der Waals surface area contributed by atoms with Crippen LogP contribution < -0.4 is 0 Å². The van der Waals surface area contributed by atoms with Crippen LogP contribution in [-0.2, 0) is 6.42 Å². The van der Waals surface area contributed by atoms with Crippen LogP contribution in [-0.4, -0.2) is 5.78 Å². The minimum Gasteiger partial charge on any atom is -0.294 e. The number of carbonyl (C=O) groups excluding carboxylic acids is 1. The standard InChI is InChI=1S/C18H18O/c1-12-6-7-13(2)16(10-12)15-9-8-14-4-3-5-18(19)17(14)11-15/h6-11H,3-5H2,1-2H3. The van der Waals surface area contributed by atoms with Gasteiger partial charge in [-0.1, -0.05) is 35.9 Å². The normalized spacial score (nSPS) is 14.3. The summed E-state index contributed by atoms with van der Waals surface area (Å²) in [6.07, 6.45) is 2.73. The number of benzene rings is 2. The second kappa shape index (κ2) is 4.65. The molecule has 0 heterocycles. The number of ketones is 1. The maximum Gasteiger partial charge on any atom is 0.163 e. The van der Waals surface area contributed by atoms with E-state index in [0.29, 0.717) is 12.2 Å². The Morgan fingerprint density at radius 3 is 2.58 bits per heavy atom. The largest absolute Gasteiger partial charge is 0.294 e. The fraction of sp³-hybridized carbons (Fsp3) is 0.278. The summed E-state index contributed by atoms with van der Waals surface area (Å²) in [5, 5.41) is 0. The number of fused-ring (bicyclic) bond motifs is 1. The van der Waals surface area contributed by atoms with Gasteiger partial charge in [-0.25, -0.2) is 0 Å². The Labute approximate surface area is 114 Å². The van der Waals surface area contributed by atoms with E-state index in [4.69, 9.17) is 0 Å². The average molecular weight is 250 g/mol. The van der Waals surface area contributed by atoms with Crippen LogP contribution in [0.25, 0.3) is 11.1 Å². The van der Waals surface area contributed by atoms with E-state index in [2.05, 4.69) is 50.2 Å². The fourth-order valence-electron chi connectivity index (χ4n) is 2.84. The average Bonchev–Trinajstić information content (AvgIpc) is 2.42. The van der Waals surface area contributed by atoms with E-state index in [1.54, 1.807) is 0 Å². The number of carbonyl (C=O) groups is 1. The van der Waals surface area contributed by atoms with Crippen molar-refractivity contribution in [2.45, 2.75) is 33.1 Å². The molecule has 0 unspecified atom stereocenters. The molecule has 1 heteroatoms. The molecule has 19 heavy (non-hydrogen) atoms. The molecule has 96 valence electrons. The van der Waals surface area contributed by atoms with E-state index in [9.17, 15) is 4.79 Å². The van der Waals surface area contributed by atoms with Crippen LogP contribution in [0.15, 0.2) is 36.4 Å². The third-order valence-electron chi connectivity index (χ3n) is 3.96. The highest BCUT2D eigenvalue weighted by atomic mass is 16.1. The molecule has 1 nitrogen and oxygen atoms in total. The second-order valence-electron chi connectivity index (χ2n) is 5.47. The summed E-state index contributed by atoms with van der Waals surface area (Å²) in [4.78, 5) is 12.0. The van der Waals surface area contributed by atoms with Crippen molar-refractivity contribution in [3.63, 3.8) is 0 Å². The van der Waals surface area contributed by atoms with Crippen LogP contribution in [0, 0.1) is 13.8 Å². The molecule has 0 saturated carbocycles. The maximum absolute atomic E-state index is 12.0. The first-order chi connectivity index (χ1) is 9.15. The Kier molecular flexibility index (Phi) is 2.98. The molecule has 0 aromatic heterocycles. The molecule has 0 radical (unpaired) electrons. The zero-order valence-corrected chi connectivity index (χ0v) is 11.5. The van der Waals surface area contributed by atoms with Crippen molar-refractivity contribution in [3.8, 4) is 11.1 Å². The summed E-state index contributed by atoms with van der Waals surface area (Å²) in [7, 11) is 0. The lowest BCUT2D eigenvalue weighted by Crippen LogP contribution is -2.10. The lowest BCUT2D eigenvalue weighted by molar-refractivity contribution is 0.0972. The monoisotopic (exact) mass is 250 g/mol. The number of hydrogen-bond donors (Lipinski definition) is 0. The van der Waals surface area contributed by atoms with E-state index in [-0.39, 0.29) is 0 Å². The van der Waals surface area contributed by atoms with Gasteiger partial charge in [0.25, 0.3) is 0 Å². The summed E-state index contributed by atoms with van der Waals surface area (Å²) >= 11 is 0. The minimum atomic E-state index is 0.299. The third kappa shape index (κ3) is 2.21. The summed E-state index contributed by atoms with van der Waals surface area (Å²) < 4.78 is 0. The van der Waals surface area contributed by atoms with Crippen molar-refractivity contribution in [1.29, 1.82) is 0 Å². The van der Waals surface area contributed by atoms with E-state index in [0.717, 1.165) is 24.0 Å². The van der Waals surface area contributed by atoms with Gasteiger partial charge in [0.1, 0.15) is 0 Å². The molecule has 1 aliphatic rings. The minimum absolute atomic E-state index is 0.299. The van der Waals surface area contributed by atoms with Crippen molar-refractivity contribution in [3.05, 3.63) is 58.7 Å². The summed E-state index contributed by atoms with van der Waals surface area (Å²) in [5.74, 6) is 0.299. The molecule has 0 amide bonds. The molecule has 0 N–H and O–H groups in total. The number of Topliss-reactive ketones (excluding diaryl/α,β-unsaturated/α-hetero) is 1. The highest BCUT2D eigenvalue weighted by Crippen LogP contribution is 2.29.